The number of rotatable bonds is 8. The molecule has 0 spiro atoms. The summed E-state index contributed by atoms with van der Waals surface area (Å²) in [6.45, 7) is 1.04. The van der Waals surface area contributed by atoms with Crippen LogP contribution < -0.4 is 15.2 Å². The van der Waals surface area contributed by atoms with Crippen LogP contribution >= 0.6 is 0 Å². The van der Waals surface area contributed by atoms with Gasteiger partial charge < -0.3 is 15.2 Å². The number of ether oxygens (including phenoxy) is 2. The molecule has 4 heteroatoms. The third-order valence-corrected chi connectivity index (χ3v) is 3.64. The van der Waals surface area contributed by atoms with Crippen molar-refractivity contribution in [1.29, 1.82) is 0 Å². The molecule has 0 amide bonds. The Morgan fingerprint density at radius 3 is 2.68 bits per heavy atom. The first kappa shape index (κ1) is 16.3. The van der Waals surface area contributed by atoms with Gasteiger partial charge in [-0.1, -0.05) is 24.3 Å². The molecule has 0 saturated carbocycles. The number of halogens is 1. The fraction of sp³-hybridized carbons (Fsp3) is 0.333. The molecule has 0 saturated heterocycles. The van der Waals surface area contributed by atoms with Crippen molar-refractivity contribution in [3.05, 3.63) is 59.9 Å². The third-order valence-electron chi connectivity index (χ3n) is 3.64. The lowest BCUT2D eigenvalue weighted by Gasteiger charge is -2.16. The molecule has 0 bridgehead atoms. The van der Waals surface area contributed by atoms with E-state index in [0.29, 0.717) is 18.9 Å². The highest BCUT2D eigenvalue weighted by molar-refractivity contribution is 5.31. The van der Waals surface area contributed by atoms with Crippen molar-refractivity contribution < 1.29 is 13.9 Å². The zero-order valence-corrected chi connectivity index (χ0v) is 12.8. The molecule has 0 radical (unpaired) electrons. The Balaban J connectivity index is 1.85. The Hall–Kier alpha value is -2.07. The molecule has 2 aromatic rings. The molecule has 118 valence electrons. The maximum Gasteiger partial charge on any atom is 0.165 e. The fourth-order valence-corrected chi connectivity index (χ4v) is 2.39. The Kier molecular flexibility index (Phi) is 6.22. The molecule has 0 fully saturated rings. The van der Waals surface area contributed by atoms with E-state index in [-0.39, 0.29) is 11.7 Å². The van der Waals surface area contributed by atoms with Gasteiger partial charge in [-0.15, -0.1) is 0 Å². The van der Waals surface area contributed by atoms with Crippen LogP contribution in [-0.2, 0) is 0 Å². The number of benzene rings is 2. The van der Waals surface area contributed by atoms with E-state index in [1.807, 2.05) is 18.2 Å². The largest absolute Gasteiger partial charge is 0.497 e. The molecule has 3 nitrogen and oxygen atoms in total. The normalized spacial score (nSPS) is 12.0. The Morgan fingerprint density at radius 1 is 1.14 bits per heavy atom. The number of methoxy groups -OCH3 is 1. The average Bonchev–Trinajstić information content (AvgIpc) is 2.56. The molecule has 0 aliphatic rings. The van der Waals surface area contributed by atoms with Crippen molar-refractivity contribution in [3.63, 3.8) is 0 Å². The summed E-state index contributed by atoms with van der Waals surface area (Å²) in [5.74, 6) is 1.05. The van der Waals surface area contributed by atoms with Crippen LogP contribution in [0.15, 0.2) is 48.5 Å². The monoisotopic (exact) mass is 303 g/mol. The van der Waals surface area contributed by atoms with Gasteiger partial charge in [0, 0.05) is 0 Å². The Labute approximate surface area is 130 Å². The first-order chi connectivity index (χ1) is 10.7. The number of nitrogens with two attached hydrogens (primary N) is 1. The predicted molar refractivity (Wildman–Crippen MR) is 85.9 cm³/mol. The average molecular weight is 303 g/mol. The molecule has 0 aromatic heterocycles. The van der Waals surface area contributed by atoms with E-state index in [1.165, 1.54) is 6.07 Å². The molecule has 1 unspecified atom stereocenters. The minimum Gasteiger partial charge on any atom is -0.497 e. The van der Waals surface area contributed by atoms with Crippen molar-refractivity contribution in [1.82, 2.24) is 0 Å². The standard InChI is InChI=1S/C18H22FNO2/c1-21-16-8-4-6-14(12-16)15(13-20)7-5-11-22-18-10-3-2-9-17(18)19/h2-4,6,8-10,12,15H,5,7,11,13,20H2,1H3. The highest BCUT2D eigenvalue weighted by Gasteiger charge is 2.11. The van der Waals surface area contributed by atoms with Gasteiger partial charge in [0.15, 0.2) is 11.6 Å². The van der Waals surface area contributed by atoms with Gasteiger partial charge in [0.05, 0.1) is 13.7 Å². The highest BCUT2D eigenvalue weighted by atomic mass is 19.1. The van der Waals surface area contributed by atoms with E-state index in [9.17, 15) is 4.39 Å². The maximum absolute atomic E-state index is 13.4. The van der Waals surface area contributed by atoms with Crippen molar-refractivity contribution in [2.45, 2.75) is 18.8 Å². The van der Waals surface area contributed by atoms with Gasteiger partial charge in [-0.05, 0) is 55.1 Å². The quantitative estimate of drug-likeness (QED) is 0.756. The van der Waals surface area contributed by atoms with Gasteiger partial charge in [-0.3, -0.25) is 0 Å². The second-order valence-electron chi connectivity index (χ2n) is 5.13. The van der Waals surface area contributed by atoms with E-state index in [1.54, 1.807) is 25.3 Å². The lowest BCUT2D eigenvalue weighted by molar-refractivity contribution is 0.287. The van der Waals surface area contributed by atoms with Crippen molar-refractivity contribution in [2.24, 2.45) is 5.73 Å². The molecule has 2 rings (SSSR count). The van der Waals surface area contributed by atoms with Crippen molar-refractivity contribution >= 4 is 0 Å². The van der Waals surface area contributed by atoms with E-state index >= 15 is 0 Å². The summed E-state index contributed by atoms with van der Waals surface area (Å²) >= 11 is 0. The highest BCUT2D eigenvalue weighted by Crippen LogP contribution is 2.24. The Bertz CT molecular complexity index is 589. The molecule has 22 heavy (non-hydrogen) atoms. The second-order valence-corrected chi connectivity index (χ2v) is 5.13. The van der Waals surface area contributed by atoms with Crippen LogP contribution in [-0.4, -0.2) is 20.3 Å². The van der Waals surface area contributed by atoms with Gasteiger partial charge in [0.2, 0.25) is 0 Å². The van der Waals surface area contributed by atoms with Crippen LogP contribution in [0, 0.1) is 5.82 Å². The number of hydrogen-bond donors (Lipinski definition) is 1. The molecular weight excluding hydrogens is 281 g/mol. The van der Waals surface area contributed by atoms with E-state index in [0.717, 1.165) is 24.2 Å². The summed E-state index contributed by atoms with van der Waals surface area (Å²) in [6, 6.07) is 14.4. The summed E-state index contributed by atoms with van der Waals surface area (Å²) in [7, 11) is 1.65. The van der Waals surface area contributed by atoms with Gasteiger partial charge in [-0.25, -0.2) is 4.39 Å². The zero-order valence-electron chi connectivity index (χ0n) is 12.8. The lowest BCUT2D eigenvalue weighted by Crippen LogP contribution is -2.14. The minimum absolute atomic E-state index is 0.249. The smallest absolute Gasteiger partial charge is 0.165 e. The van der Waals surface area contributed by atoms with E-state index < -0.39 is 0 Å². The summed E-state index contributed by atoms with van der Waals surface area (Å²) in [4.78, 5) is 0. The third kappa shape index (κ3) is 4.46. The van der Waals surface area contributed by atoms with Crippen LogP contribution in [0.1, 0.15) is 24.3 Å². The second kappa shape index (κ2) is 8.39. The molecule has 0 heterocycles. The van der Waals surface area contributed by atoms with Gasteiger partial charge in [-0.2, -0.15) is 0 Å². The predicted octanol–water partition coefficient (Wildman–Crippen LogP) is 3.74. The molecule has 2 N–H and O–H groups in total. The lowest BCUT2D eigenvalue weighted by atomic mass is 9.94. The molecule has 1 atom stereocenters. The van der Waals surface area contributed by atoms with Gasteiger partial charge in [0.25, 0.3) is 0 Å². The fourth-order valence-electron chi connectivity index (χ4n) is 2.39. The topological polar surface area (TPSA) is 44.5 Å². The Morgan fingerprint density at radius 2 is 1.95 bits per heavy atom. The zero-order chi connectivity index (χ0) is 15.8. The number of para-hydroxylation sites is 1. The molecule has 2 aromatic carbocycles. The summed E-state index contributed by atoms with van der Waals surface area (Å²) in [5.41, 5.74) is 7.03. The van der Waals surface area contributed by atoms with Crippen molar-refractivity contribution in [3.8, 4) is 11.5 Å². The molecule has 0 aliphatic heterocycles. The number of hydrogen-bond acceptors (Lipinski definition) is 3. The maximum atomic E-state index is 13.4. The minimum atomic E-state index is -0.328. The summed E-state index contributed by atoms with van der Waals surface area (Å²) in [5, 5.41) is 0. The van der Waals surface area contributed by atoms with Crippen LogP contribution in [0.5, 0.6) is 11.5 Å². The van der Waals surface area contributed by atoms with Gasteiger partial charge in [0.1, 0.15) is 5.75 Å². The summed E-state index contributed by atoms with van der Waals surface area (Å²) < 4.78 is 24.1. The van der Waals surface area contributed by atoms with Crippen LogP contribution in [0.25, 0.3) is 0 Å². The molecule has 0 aliphatic carbocycles. The van der Waals surface area contributed by atoms with Crippen LogP contribution in [0.4, 0.5) is 4.39 Å². The van der Waals surface area contributed by atoms with E-state index in [2.05, 4.69) is 6.07 Å². The van der Waals surface area contributed by atoms with Crippen LogP contribution in [0.2, 0.25) is 0 Å². The first-order valence-corrected chi connectivity index (χ1v) is 7.46. The first-order valence-electron chi connectivity index (χ1n) is 7.46. The van der Waals surface area contributed by atoms with Crippen molar-refractivity contribution in [2.75, 3.05) is 20.3 Å². The molecular formula is C18H22FNO2. The van der Waals surface area contributed by atoms with E-state index in [4.69, 9.17) is 15.2 Å². The SMILES string of the molecule is COc1cccc(C(CN)CCCOc2ccccc2F)c1. The van der Waals surface area contributed by atoms with Crippen LogP contribution in [0.3, 0.4) is 0 Å². The summed E-state index contributed by atoms with van der Waals surface area (Å²) in [6.07, 6.45) is 1.70. The van der Waals surface area contributed by atoms with Gasteiger partial charge >= 0.3 is 0 Å².